The van der Waals surface area contributed by atoms with Gasteiger partial charge in [-0.05, 0) is 6.07 Å². The highest BCUT2D eigenvalue weighted by molar-refractivity contribution is 6.30. The van der Waals surface area contributed by atoms with Gasteiger partial charge in [-0.3, -0.25) is 0 Å². The Labute approximate surface area is 69.2 Å². The van der Waals surface area contributed by atoms with Gasteiger partial charge in [0.25, 0.3) is 0 Å². The molecule has 56 valence electrons. The van der Waals surface area contributed by atoms with E-state index in [1.54, 1.807) is 6.07 Å². The Balaban J connectivity index is 3.27. The number of methoxy groups -OCH3 is 1. The second-order valence-corrected chi connectivity index (χ2v) is 2.15. The summed E-state index contributed by atoms with van der Waals surface area (Å²) in [7, 11) is 1.48. The summed E-state index contributed by atoms with van der Waals surface area (Å²) in [6.07, 6.45) is 1.49. The molecule has 1 aromatic heterocycles. The van der Waals surface area contributed by atoms with Gasteiger partial charge in [-0.2, -0.15) is 5.26 Å². The van der Waals surface area contributed by atoms with Crippen LogP contribution in [0.5, 0.6) is 5.75 Å². The molecule has 1 rings (SSSR count). The number of aromatic nitrogens is 1. The molecular weight excluding hydrogens is 164 g/mol. The summed E-state index contributed by atoms with van der Waals surface area (Å²) in [6, 6.07) is 3.48. The van der Waals surface area contributed by atoms with Crippen molar-refractivity contribution in [1.82, 2.24) is 4.98 Å². The third-order valence-corrected chi connectivity index (χ3v) is 1.48. The van der Waals surface area contributed by atoms with Gasteiger partial charge in [0.05, 0.1) is 7.11 Å². The van der Waals surface area contributed by atoms with Crippen LogP contribution < -0.4 is 4.74 Å². The summed E-state index contributed by atoms with van der Waals surface area (Å²) >= 11 is 5.59. The molecule has 0 aliphatic rings. The van der Waals surface area contributed by atoms with E-state index in [1.165, 1.54) is 13.3 Å². The molecule has 1 heterocycles. The molecule has 1 aromatic rings. The molecule has 4 heteroatoms. The van der Waals surface area contributed by atoms with Crippen LogP contribution in [0.15, 0.2) is 12.3 Å². The number of hydrogen-bond acceptors (Lipinski definition) is 3. The Hall–Kier alpha value is -1.27. The zero-order valence-corrected chi connectivity index (χ0v) is 6.59. The zero-order chi connectivity index (χ0) is 8.27. The van der Waals surface area contributed by atoms with E-state index >= 15 is 0 Å². The number of nitriles is 1. The van der Waals surface area contributed by atoms with Crippen molar-refractivity contribution in [1.29, 1.82) is 5.26 Å². The van der Waals surface area contributed by atoms with Gasteiger partial charge in [-0.15, -0.1) is 0 Å². The molecule has 11 heavy (non-hydrogen) atoms. The molecule has 0 bridgehead atoms. The lowest BCUT2D eigenvalue weighted by molar-refractivity contribution is 0.413. The molecule has 0 atom stereocenters. The molecule has 3 nitrogen and oxygen atoms in total. The summed E-state index contributed by atoms with van der Waals surface area (Å²) in [6.45, 7) is 0. The molecule has 0 saturated carbocycles. The number of pyridine rings is 1. The van der Waals surface area contributed by atoms with Gasteiger partial charge >= 0.3 is 0 Å². The fourth-order valence-electron chi connectivity index (χ4n) is 0.691. The third kappa shape index (κ3) is 1.41. The first-order valence-corrected chi connectivity index (χ1v) is 3.26. The highest BCUT2D eigenvalue weighted by Crippen LogP contribution is 2.22. The molecule has 0 fully saturated rings. The zero-order valence-electron chi connectivity index (χ0n) is 5.84. The van der Waals surface area contributed by atoms with Gasteiger partial charge in [0, 0.05) is 6.20 Å². The first kappa shape index (κ1) is 7.83. The van der Waals surface area contributed by atoms with E-state index in [0.717, 1.165) is 0 Å². The molecule has 0 aliphatic carbocycles. The molecule has 0 spiro atoms. The lowest BCUT2D eigenvalue weighted by Gasteiger charge is -2.00. The van der Waals surface area contributed by atoms with Crippen molar-refractivity contribution in [2.75, 3.05) is 7.11 Å². The van der Waals surface area contributed by atoms with Crippen LogP contribution in [0.25, 0.3) is 0 Å². The molecule has 0 aromatic carbocycles. The van der Waals surface area contributed by atoms with Gasteiger partial charge in [0.1, 0.15) is 17.4 Å². The predicted octanol–water partition coefficient (Wildman–Crippen LogP) is 1.62. The van der Waals surface area contributed by atoms with Crippen LogP contribution in [0, 0.1) is 11.3 Å². The van der Waals surface area contributed by atoms with Gasteiger partial charge < -0.3 is 4.74 Å². The average molecular weight is 169 g/mol. The summed E-state index contributed by atoms with van der Waals surface area (Å²) in [4.78, 5) is 3.72. The molecular formula is C7H5ClN2O. The monoisotopic (exact) mass is 168 g/mol. The fourth-order valence-corrected chi connectivity index (χ4v) is 0.883. The Kier molecular flexibility index (Phi) is 2.29. The van der Waals surface area contributed by atoms with E-state index in [-0.39, 0.29) is 10.7 Å². The standard InChI is InChI=1S/C7H5ClN2O/c1-11-6-2-3-10-7(8)5(6)4-9/h2-3H,1H3. The van der Waals surface area contributed by atoms with E-state index in [2.05, 4.69) is 4.98 Å². The molecule has 0 unspecified atom stereocenters. The van der Waals surface area contributed by atoms with Crippen LogP contribution in [0.4, 0.5) is 0 Å². The normalized spacial score (nSPS) is 8.82. The first-order chi connectivity index (χ1) is 5.29. The quantitative estimate of drug-likeness (QED) is 0.599. The first-order valence-electron chi connectivity index (χ1n) is 2.88. The van der Waals surface area contributed by atoms with E-state index in [4.69, 9.17) is 21.6 Å². The van der Waals surface area contributed by atoms with Crippen molar-refractivity contribution in [3.8, 4) is 11.8 Å². The molecule has 0 N–H and O–H groups in total. The van der Waals surface area contributed by atoms with Crippen LogP contribution in [0.1, 0.15) is 5.56 Å². The number of nitrogens with zero attached hydrogens (tertiary/aromatic N) is 2. The number of halogens is 1. The van der Waals surface area contributed by atoms with Gasteiger partial charge in [0.2, 0.25) is 0 Å². The lowest BCUT2D eigenvalue weighted by atomic mass is 10.3. The molecule has 0 aliphatic heterocycles. The van der Waals surface area contributed by atoms with Gasteiger partial charge in [-0.1, -0.05) is 11.6 Å². The Morgan fingerprint density at radius 2 is 2.45 bits per heavy atom. The topological polar surface area (TPSA) is 45.9 Å². The van der Waals surface area contributed by atoms with Crippen molar-refractivity contribution >= 4 is 11.6 Å². The molecule has 0 radical (unpaired) electrons. The highest BCUT2D eigenvalue weighted by atomic mass is 35.5. The maximum atomic E-state index is 8.58. The van der Waals surface area contributed by atoms with Crippen molar-refractivity contribution in [3.05, 3.63) is 23.0 Å². The van der Waals surface area contributed by atoms with E-state index < -0.39 is 0 Å². The second-order valence-electron chi connectivity index (χ2n) is 1.79. The minimum Gasteiger partial charge on any atom is -0.495 e. The van der Waals surface area contributed by atoms with E-state index in [0.29, 0.717) is 5.75 Å². The Morgan fingerprint density at radius 1 is 1.73 bits per heavy atom. The molecule has 0 amide bonds. The Morgan fingerprint density at radius 3 is 2.91 bits per heavy atom. The van der Waals surface area contributed by atoms with Crippen LogP contribution in [-0.2, 0) is 0 Å². The van der Waals surface area contributed by atoms with Crippen LogP contribution in [0.2, 0.25) is 5.15 Å². The van der Waals surface area contributed by atoms with Crippen LogP contribution >= 0.6 is 11.6 Å². The van der Waals surface area contributed by atoms with E-state index in [1.807, 2.05) is 6.07 Å². The van der Waals surface area contributed by atoms with Crippen molar-refractivity contribution in [3.63, 3.8) is 0 Å². The number of hydrogen-bond donors (Lipinski definition) is 0. The minimum atomic E-state index is 0.173. The smallest absolute Gasteiger partial charge is 0.150 e. The summed E-state index contributed by atoms with van der Waals surface area (Å²) in [5.74, 6) is 0.451. The minimum absolute atomic E-state index is 0.173. The third-order valence-electron chi connectivity index (χ3n) is 1.20. The fraction of sp³-hybridized carbons (Fsp3) is 0.143. The summed E-state index contributed by atoms with van der Waals surface area (Å²) in [5, 5.41) is 8.75. The number of ether oxygens (including phenoxy) is 1. The van der Waals surface area contributed by atoms with Crippen molar-refractivity contribution in [2.45, 2.75) is 0 Å². The molecule has 0 saturated heterocycles. The lowest BCUT2D eigenvalue weighted by Crippen LogP contribution is -1.89. The SMILES string of the molecule is COc1ccnc(Cl)c1C#N. The van der Waals surface area contributed by atoms with Gasteiger partial charge in [0.15, 0.2) is 5.15 Å². The average Bonchev–Trinajstić information content (AvgIpc) is 2.04. The van der Waals surface area contributed by atoms with E-state index in [9.17, 15) is 0 Å². The van der Waals surface area contributed by atoms with Crippen molar-refractivity contribution in [2.24, 2.45) is 0 Å². The summed E-state index contributed by atoms with van der Waals surface area (Å²) in [5.41, 5.74) is 0.275. The predicted molar refractivity (Wildman–Crippen MR) is 40.5 cm³/mol. The largest absolute Gasteiger partial charge is 0.495 e. The Bertz CT molecular complexity index is 306. The summed E-state index contributed by atoms with van der Waals surface area (Å²) < 4.78 is 4.87. The van der Waals surface area contributed by atoms with Crippen LogP contribution in [0.3, 0.4) is 0 Å². The van der Waals surface area contributed by atoms with Gasteiger partial charge in [-0.25, -0.2) is 4.98 Å². The highest BCUT2D eigenvalue weighted by Gasteiger charge is 2.06. The van der Waals surface area contributed by atoms with Crippen molar-refractivity contribution < 1.29 is 4.74 Å². The maximum Gasteiger partial charge on any atom is 0.150 e. The maximum absolute atomic E-state index is 8.58. The second kappa shape index (κ2) is 3.22. The number of rotatable bonds is 1. The van der Waals surface area contributed by atoms with Crippen LogP contribution in [-0.4, -0.2) is 12.1 Å².